The van der Waals surface area contributed by atoms with E-state index in [0.717, 1.165) is 63.7 Å². The molecule has 6 heteroatoms. The van der Waals surface area contributed by atoms with Gasteiger partial charge in [-0.05, 0) is 25.2 Å². The molecule has 0 spiro atoms. The number of ether oxygens (including phenoxy) is 3. The Labute approximate surface area is 348 Å². The van der Waals surface area contributed by atoms with E-state index in [9.17, 15) is 14.4 Å². The van der Waals surface area contributed by atoms with Crippen molar-refractivity contribution < 1.29 is 28.6 Å². The van der Waals surface area contributed by atoms with Crippen LogP contribution in [0.2, 0.25) is 0 Å². The molecule has 0 rings (SSSR count). The maximum absolute atomic E-state index is 12.7. The molecule has 0 N–H and O–H groups in total. The molecule has 0 fully saturated rings. The lowest BCUT2D eigenvalue weighted by Crippen LogP contribution is -2.30. The summed E-state index contributed by atoms with van der Waals surface area (Å²) in [6.07, 6.45) is 45.1. The van der Waals surface area contributed by atoms with Gasteiger partial charge >= 0.3 is 17.9 Å². The molecular formula is C50H96O6. The first-order chi connectivity index (χ1) is 27.4. The normalized spacial score (nSPS) is 11.9. The van der Waals surface area contributed by atoms with Crippen molar-refractivity contribution >= 4 is 17.9 Å². The van der Waals surface area contributed by atoms with Gasteiger partial charge in [-0.25, -0.2) is 0 Å². The predicted octanol–water partition coefficient (Wildman–Crippen LogP) is 15.9. The third kappa shape index (κ3) is 43.5. The third-order valence-corrected chi connectivity index (χ3v) is 11.3. The molecule has 0 aliphatic rings. The van der Waals surface area contributed by atoms with E-state index in [2.05, 4.69) is 27.7 Å². The standard InChI is InChI=1S/C50H96O6/c1-5-7-9-11-13-15-21-27-31-35-39-43-50(53)56-47(44-54-48(51)41-37-33-29-25-16-14-12-10-8-6-2)45-55-49(52)42-38-34-30-26-23-20-18-17-19-22-24-28-32-36-40-46(3)4/h46-47H,5-45H2,1-4H3/t47-/m1/s1. The van der Waals surface area contributed by atoms with E-state index in [4.69, 9.17) is 14.2 Å². The Kier molecular flexibility index (Phi) is 43.2. The van der Waals surface area contributed by atoms with Gasteiger partial charge in [0.15, 0.2) is 6.10 Å². The van der Waals surface area contributed by atoms with Crippen molar-refractivity contribution in [3.05, 3.63) is 0 Å². The number of unbranched alkanes of at least 4 members (excludes halogenated alkanes) is 32. The van der Waals surface area contributed by atoms with E-state index in [-0.39, 0.29) is 31.1 Å². The fourth-order valence-corrected chi connectivity index (χ4v) is 7.51. The van der Waals surface area contributed by atoms with Crippen LogP contribution in [0.4, 0.5) is 0 Å². The second kappa shape index (κ2) is 44.5. The van der Waals surface area contributed by atoms with Crippen LogP contribution in [0.1, 0.15) is 278 Å². The molecule has 0 aromatic heterocycles. The van der Waals surface area contributed by atoms with Crippen LogP contribution in [0.3, 0.4) is 0 Å². The summed E-state index contributed by atoms with van der Waals surface area (Å²) in [5.74, 6) is -0.00432. The maximum atomic E-state index is 12.7. The van der Waals surface area contributed by atoms with Crippen molar-refractivity contribution in [3.8, 4) is 0 Å². The summed E-state index contributed by atoms with van der Waals surface area (Å²) in [5.41, 5.74) is 0. The Hall–Kier alpha value is -1.59. The summed E-state index contributed by atoms with van der Waals surface area (Å²) >= 11 is 0. The Morgan fingerprint density at radius 3 is 0.875 bits per heavy atom. The van der Waals surface area contributed by atoms with Crippen LogP contribution in [0.25, 0.3) is 0 Å². The number of hydrogen-bond acceptors (Lipinski definition) is 6. The smallest absolute Gasteiger partial charge is 0.306 e. The average Bonchev–Trinajstić information content (AvgIpc) is 3.18. The number of carbonyl (C=O) groups is 3. The monoisotopic (exact) mass is 793 g/mol. The summed E-state index contributed by atoms with van der Waals surface area (Å²) in [6.45, 7) is 9.01. The minimum atomic E-state index is -0.759. The molecule has 0 saturated carbocycles. The zero-order valence-electron chi connectivity index (χ0n) is 38.1. The molecule has 0 saturated heterocycles. The summed E-state index contributed by atoms with van der Waals surface area (Å²) in [5, 5.41) is 0. The molecule has 0 heterocycles. The molecule has 0 aliphatic carbocycles. The van der Waals surface area contributed by atoms with E-state index in [1.54, 1.807) is 0 Å². The van der Waals surface area contributed by atoms with E-state index in [1.165, 1.54) is 173 Å². The largest absolute Gasteiger partial charge is 0.462 e. The minimum absolute atomic E-state index is 0.0630. The van der Waals surface area contributed by atoms with Crippen molar-refractivity contribution in [2.24, 2.45) is 5.92 Å². The molecule has 0 aromatic rings. The highest BCUT2D eigenvalue weighted by molar-refractivity contribution is 5.71. The minimum Gasteiger partial charge on any atom is -0.462 e. The summed E-state index contributed by atoms with van der Waals surface area (Å²) < 4.78 is 16.8. The first kappa shape index (κ1) is 54.4. The van der Waals surface area contributed by atoms with Crippen molar-refractivity contribution in [2.45, 2.75) is 284 Å². The zero-order valence-corrected chi connectivity index (χ0v) is 38.1. The topological polar surface area (TPSA) is 78.9 Å². The number of rotatable bonds is 45. The van der Waals surface area contributed by atoms with Gasteiger partial charge in [-0.15, -0.1) is 0 Å². The lowest BCUT2D eigenvalue weighted by molar-refractivity contribution is -0.167. The first-order valence-electron chi connectivity index (χ1n) is 24.9. The molecule has 0 radical (unpaired) electrons. The molecule has 56 heavy (non-hydrogen) atoms. The molecule has 0 aliphatic heterocycles. The molecule has 332 valence electrons. The van der Waals surface area contributed by atoms with Crippen LogP contribution in [0.15, 0.2) is 0 Å². The van der Waals surface area contributed by atoms with E-state index >= 15 is 0 Å². The number of esters is 3. The van der Waals surface area contributed by atoms with Gasteiger partial charge in [0.25, 0.3) is 0 Å². The fraction of sp³-hybridized carbons (Fsp3) is 0.940. The van der Waals surface area contributed by atoms with E-state index in [1.807, 2.05) is 0 Å². The summed E-state index contributed by atoms with van der Waals surface area (Å²) in [4.78, 5) is 37.8. The Bertz CT molecular complexity index is 841. The van der Waals surface area contributed by atoms with Gasteiger partial charge in [0.05, 0.1) is 0 Å². The lowest BCUT2D eigenvalue weighted by Gasteiger charge is -2.18. The predicted molar refractivity (Wildman–Crippen MR) is 238 cm³/mol. The average molecular weight is 793 g/mol. The number of hydrogen-bond donors (Lipinski definition) is 0. The van der Waals surface area contributed by atoms with Gasteiger partial charge in [0, 0.05) is 19.3 Å². The number of carbonyl (C=O) groups excluding carboxylic acids is 3. The quantitative estimate of drug-likeness (QED) is 0.0347. The molecule has 0 bridgehead atoms. The van der Waals surface area contributed by atoms with Gasteiger partial charge in [-0.1, -0.05) is 240 Å². The SMILES string of the molecule is CCCCCCCCCCCCCC(=O)O[C@H](COC(=O)CCCCCCCCCCCC)COC(=O)CCCCCCCCCCCCCCCCC(C)C. The molecule has 1 atom stereocenters. The highest BCUT2D eigenvalue weighted by Crippen LogP contribution is 2.17. The fourth-order valence-electron chi connectivity index (χ4n) is 7.51. The Balaban J connectivity index is 4.25. The third-order valence-electron chi connectivity index (χ3n) is 11.3. The van der Waals surface area contributed by atoms with Crippen molar-refractivity contribution in [3.63, 3.8) is 0 Å². The Morgan fingerprint density at radius 1 is 0.339 bits per heavy atom. The summed E-state index contributed by atoms with van der Waals surface area (Å²) in [6, 6.07) is 0. The maximum Gasteiger partial charge on any atom is 0.306 e. The van der Waals surface area contributed by atoms with Crippen molar-refractivity contribution in [2.75, 3.05) is 13.2 Å². The van der Waals surface area contributed by atoms with Crippen LogP contribution in [-0.2, 0) is 28.6 Å². The van der Waals surface area contributed by atoms with Gasteiger partial charge < -0.3 is 14.2 Å². The Morgan fingerprint density at radius 2 is 0.589 bits per heavy atom. The zero-order chi connectivity index (χ0) is 41.0. The van der Waals surface area contributed by atoms with Crippen molar-refractivity contribution in [1.82, 2.24) is 0 Å². The second-order valence-corrected chi connectivity index (χ2v) is 17.6. The molecular weight excluding hydrogens is 697 g/mol. The van der Waals surface area contributed by atoms with E-state index < -0.39 is 6.10 Å². The van der Waals surface area contributed by atoms with Gasteiger partial charge in [0.2, 0.25) is 0 Å². The molecule has 0 unspecified atom stereocenters. The molecule has 6 nitrogen and oxygen atoms in total. The van der Waals surface area contributed by atoms with Gasteiger partial charge in [0.1, 0.15) is 13.2 Å². The van der Waals surface area contributed by atoms with Gasteiger partial charge in [-0.2, -0.15) is 0 Å². The highest BCUT2D eigenvalue weighted by atomic mass is 16.6. The second-order valence-electron chi connectivity index (χ2n) is 17.6. The lowest BCUT2D eigenvalue weighted by atomic mass is 10.0. The van der Waals surface area contributed by atoms with Crippen LogP contribution in [0.5, 0.6) is 0 Å². The van der Waals surface area contributed by atoms with Crippen LogP contribution in [0, 0.1) is 5.92 Å². The highest BCUT2D eigenvalue weighted by Gasteiger charge is 2.19. The van der Waals surface area contributed by atoms with Crippen LogP contribution < -0.4 is 0 Å². The van der Waals surface area contributed by atoms with Crippen LogP contribution >= 0.6 is 0 Å². The first-order valence-corrected chi connectivity index (χ1v) is 24.9. The van der Waals surface area contributed by atoms with E-state index in [0.29, 0.717) is 19.3 Å². The van der Waals surface area contributed by atoms with Crippen molar-refractivity contribution in [1.29, 1.82) is 0 Å². The summed E-state index contributed by atoms with van der Waals surface area (Å²) in [7, 11) is 0. The van der Waals surface area contributed by atoms with Crippen LogP contribution in [-0.4, -0.2) is 37.2 Å². The van der Waals surface area contributed by atoms with Gasteiger partial charge in [-0.3, -0.25) is 14.4 Å². The molecule has 0 amide bonds. The molecule has 0 aromatic carbocycles.